The maximum atomic E-state index is 12.4. The first-order chi connectivity index (χ1) is 11.8. The van der Waals surface area contributed by atoms with Gasteiger partial charge in [-0.25, -0.2) is 0 Å². The van der Waals surface area contributed by atoms with Crippen LogP contribution in [0.3, 0.4) is 0 Å². The second-order valence-electron chi connectivity index (χ2n) is 6.04. The lowest BCUT2D eigenvalue weighted by Crippen LogP contribution is -2.44. The zero-order chi connectivity index (χ0) is 18.4. The number of anilines is 1. The van der Waals surface area contributed by atoms with E-state index in [1.165, 1.54) is 0 Å². The number of nitrogens with one attached hydrogen (secondary N) is 2. The fourth-order valence-electron chi connectivity index (χ4n) is 2.06. The fraction of sp³-hybridized carbons (Fsp3) is 0.211. The monoisotopic (exact) mass is 355 g/mol. The van der Waals surface area contributed by atoms with Crippen molar-refractivity contribution in [1.82, 2.24) is 5.32 Å². The van der Waals surface area contributed by atoms with Crippen molar-refractivity contribution in [2.45, 2.75) is 20.4 Å². The topological polar surface area (TPSA) is 82.0 Å². The lowest BCUT2D eigenvalue weighted by molar-refractivity contribution is -0.138. The van der Waals surface area contributed by atoms with Gasteiger partial charge in [0.25, 0.3) is 0 Å². The molecule has 0 heterocycles. The summed E-state index contributed by atoms with van der Waals surface area (Å²) >= 11 is 6.06. The van der Waals surface area contributed by atoms with Crippen molar-refractivity contribution in [3.8, 4) is 6.07 Å². The Bertz CT molecular complexity index is 823. The van der Waals surface area contributed by atoms with E-state index in [0.29, 0.717) is 16.3 Å². The zero-order valence-electron chi connectivity index (χ0n) is 14.0. The van der Waals surface area contributed by atoms with Gasteiger partial charge in [-0.2, -0.15) is 5.26 Å². The third-order valence-corrected chi connectivity index (χ3v) is 4.17. The zero-order valence-corrected chi connectivity index (χ0v) is 14.7. The number of hydrogen-bond acceptors (Lipinski definition) is 3. The van der Waals surface area contributed by atoms with E-state index in [9.17, 15) is 9.59 Å². The van der Waals surface area contributed by atoms with Crippen LogP contribution in [-0.4, -0.2) is 11.8 Å². The second kappa shape index (κ2) is 7.82. The van der Waals surface area contributed by atoms with Gasteiger partial charge in [-0.1, -0.05) is 29.8 Å². The molecule has 2 rings (SSSR count). The second-order valence-corrected chi connectivity index (χ2v) is 6.45. The lowest BCUT2D eigenvalue weighted by atomic mass is 9.90. The molecule has 2 N–H and O–H groups in total. The molecule has 0 aliphatic carbocycles. The van der Waals surface area contributed by atoms with E-state index in [4.69, 9.17) is 16.9 Å². The Morgan fingerprint density at radius 1 is 1.08 bits per heavy atom. The van der Waals surface area contributed by atoms with E-state index >= 15 is 0 Å². The molecular formula is C19H18ClN3O2. The SMILES string of the molecule is CC(C)(C(=O)NCc1ccccc1Cl)C(=O)Nc1ccc(C#N)cc1. The molecule has 0 saturated heterocycles. The van der Waals surface area contributed by atoms with Gasteiger partial charge in [0.1, 0.15) is 5.41 Å². The van der Waals surface area contributed by atoms with Crippen molar-refractivity contribution in [1.29, 1.82) is 5.26 Å². The molecule has 0 aromatic heterocycles. The van der Waals surface area contributed by atoms with Crippen LogP contribution in [0.15, 0.2) is 48.5 Å². The van der Waals surface area contributed by atoms with E-state index in [2.05, 4.69) is 10.6 Å². The van der Waals surface area contributed by atoms with E-state index in [1.54, 1.807) is 44.2 Å². The van der Waals surface area contributed by atoms with E-state index < -0.39 is 17.2 Å². The smallest absolute Gasteiger partial charge is 0.239 e. The molecule has 2 aromatic carbocycles. The molecule has 0 fully saturated rings. The molecule has 0 aliphatic heterocycles. The number of nitriles is 1. The largest absolute Gasteiger partial charge is 0.351 e. The van der Waals surface area contributed by atoms with Crippen LogP contribution in [-0.2, 0) is 16.1 Å². The summed E-state index contributed by atoms with van der Waals surface area (Å²) in [7, 11) is 0. The van der Waals surface area contributed by atoms with Crippen LogP contribution in [0.5, 0.6) is 0 Å². The molecule has 2 amide bonds. The molecule has 0 radical (unpaired) electrons. The number of rotatable bonds is 5. The van der Waals surface area contributed by atoms with Gasteiger partial charge in [0.2, 0.25) is 11.8 Å². The van der Waals surface area contributed by atoms with Crippen molar-refractivity contribution in [2.75, 3.05) is 5.32 Å². The summed E-state index contributed by atoms with van der Waals surface area (Å²) in [6, 6.07) is 15.6. The van der Waals surface area contributed by atoms with Gasteiger partial charge < -0.3 is 10.6 Å². The summed E-state index contributed by atoms with van der Waals surface area (Å²) in [6.45, 7) is 3.34. The van der Waals surface area contributed by atoms with Crippen LogP contribution in [0.25, 0.3) is 0 Å². The summed E-state index contributed by atoms with van der Waals surface area (Å²) in [6.07, 6.45) is 0. The van der Waals surface area contributed by atoms with Crippen molar-refractivity contribution >= 4 is 29.1 Å². The molecule has 5 nitrogen and oxygen atoms in total. The summed E-state index contributed by atoms with van der Waals surface area (Å²) < 4.78 is 0. The predicted molar refractivity (Wildman–Crippen MR) is 96.9 cm³/mol. The van der Waals surface area contributed by atoms with Gasteiger partial charge in [0, 0.05) is 17.3 Å². The molecule has 0 unspecified atom stereocenters. The Kier molecular flexibility index (Phi) is 5.79. The third kappa shape index (κ3) is 4.59. The highest BCUT2D eigenvalue weighted by Crippen LogP contribution is 2.20. The van der Waals surface area contributed by atoms with Gasteiger partial charge in [-0.05, 0) is 49.7 Å². The molecule has 0 bridgehead atoms. The molecule has 0 spiro atoms. The number of hydrogen-bond donors (Lipinski definition) is 2. The Labute approximate surface area is 151 Å². The highest BCUT2D eigenvalue weighted by atomic mass is 35.5. The molecule has 25 heavy (non-hydrogen) atoms. The maximum Gasteiger partial charge on any atom is 0.239 e. The standard InChI is InChI=1S/C19H18ClN3O2/c1-19(2,17(24)22-12-14-5-3-4-6-16(14)20)18(25)23-15-9-7-13(11-21)8-10-15/h3-10H,12H2,1-2H3,(H,22,24)(H,23,25). The number of carbonyl (C=O) groups is 2. The van der Waals surface area contributed by atoms with Crippen LogP contribution in [0.2, 0.25) is 5.02 Å². The number of carbonyl (C=O) groups excluding carboxylic acids is 2. The molecule has 2 aromatic rings. The summed E-state index contributed by atoms with van der Waals surface area (Å²) in [5, 5.41) is 14.8. The Balaban J connectivity index is 2.00. The van der Waals surface area contributed by atoms with E-state index in [-0.39, 0.29) is 6.54 Å². The first kappa shape index (κ1) is 18.5. The number of halogens is 1. The Morgan fingerprint density at radius 3 is 2.32 bits per heavy atom. The van der Waals surface area contributed by atoms with Gasteiger partial charge in [-0.15, -0.1) is 0 Å². The number of nitrogens with zero attached hydrogens (tertiary/aromatic N) is 1. The minimum atomic E-state index is -1.27. The van der Waals surface area contributed by atoms with Crippen LogP contribution < -0.4 is 10.6 Å². The van der Waals surface area contributed by atoms with Gasteiger partial charge >= 0.3 is 0 Å². The lowest BCUT2D eigenvalue weighted by Gasteiger charge is -2.23. The molecule has 0 atom stereocenters. The van der Waals surface area contributed by atoms with Crippen LogP contribution in [0.4, 0.5) is 5.69 Å². The van der Waals surface area contributed by atoms with Crippen LogP contribution in [0.1, 0.15) is 25.0 Å². The highest BCUT2D eigenvalue weighted by Gasteiger charge is 2.36. The van der Waals surface area contributed by atoms with Crippen molar-refractivity contribution < 1.29 is 9.59 Å². The summed E-state index contributed by atoms with van der Waals surface area (Å²) in [5.74, 6) is -0.840. The Hall–Kier alpha value is -2.84. The average Bonchev–Trinajstić information content (AvgIpc) is 2.61. The molecule has 6 heteroatoms. The Morgan fingerprint density at radius 2 is 1.72 bits per heavy atom. The van der Waals surface area contributed by atoms with Gasteiger partial charge in [-0.3, -0.25) is 9.59 Å². The molecule has 0 saturated carbocycles. The van der Waals surface area contributed by atoms with E-state index in [0.717, 1.165) is 5.56 Å². The van der Waals surface area contributed by atoms with E-state index in [1.807, 2.05) is 24.3 Å². The fourth-order valence-corrected chi connectivity index (χ4v) is 2.26. The number of benzene rings is 2. The highest BCUT2D eigenvalue weighted by molar-refractivity contribution is 6.31. The van der Waals surface area contributed by atoms with Gasteiger partial charge in [0.05, 0.1) is 11.6 Å². The summed E-state index contributed by atoms with van der Waals surface area (Å²) in [4.78, 5) is 24.9. The average molecular weight is 356 g/mol. The minimum Gasteiger partial charge on any atom is -0.351 e. The van der Waals surface area contributed by atoms with Crippen molar-refractivity contribution in [2.24, 2.45) is 5.41 Å². The molecule has 128 valence electrons. The molecular weight excluding hydrogens is 338 g/mol. The number of amides is 2. The first-order valence-electron chi connectivity index (χ1n) is 7.68. The third-order valence-electron chi connectivity index (χ3n) is 3.80. The van der Waals surface area contributed by atoms with Crippen molar-refractivity contribution in [3.63, 3.8) is 0 Å². The first-order valence-corrected chi connectivity index (χ1v) is 8.05. The normalized spacial score (nSPS) is 10.6. The van der Waals surface area contributed by atoms with Crippen molar-refractivity contribution in [3.05, 3.63) is 64.7 Å². The predicted octanol–water partition coefficient (Wildman–Crippen LogP) is 3.49. The quantitative estimate of drug-likeness (QED) is 0.805. The van der Waals surface area contributed by atoms with Crippen LogP contribution in [0, 0.1) is 16.7 Å². The van der Waals surface area contributed by atoms with Crippen LogP contribution >= 0.6 is 11.6 Å². The summed E-state index contributed by atoms with van der Waals surface area (Å²) in [5.41, 5.74) is 0.529. The minimum absolute atomic E-state index is 0.242. The maximum absolute atomic E-state index is 12.4. The van der Waals surface area contributed by atoms with Gasteiger partial charge in [0.15, 0.2) is 0 Å². The molecule has 0 aliphatic rings.